The highest BCUT2D eigenvalue weighted by Gasteiger charge is 2.30. The lowest BCUT2D eigenvalue weighted by atomic mass is 10.1. The van der Waals surface area contributed by atoms with Crippen molar-refractivity contribution >= 4 is 0 Å². The van der Waals surface area contributed by atoms with Crippen molar-refractivity contribution in [2.45, 2.75) is 25.5 Å². The third-order valence-corrected chi connectivity index (χ3v) is 4.29. The minimum Gasteiger partial charge on any atom is -0.388 e. The van der Waals surface area contributed by atoms with Crippen LogP contribution in [-0.2, 0) is 0 Å². The van der Waals surface area contributed by atoms with Gasteiger partial charge in [0.1, 0.15) is 5.82 Å². The number of benzene rings is 1. The number of halogens is 1. The average Bonchev–Trinajstić information content (AvgIpc) is 2.78. The van der Waals surface area contributed by atoms with Gasteiger partial charge < -0.3 is 14.9 Å². The van der Waals surface area contributed by atoms with E-state index in [4.69, 9.17) is 0 Å². The molecule has 2 rings (SSSR count). The number of likely N-dealkylation sites (tertiary alicyclic amines) is 1. The van der Waals surface area contributed by atoms with E-state index in [-0.39, 0.29) is 5.82 Å². The fourth-order valence-electron chi connectivity index (χ4n) is 3.06. The predicted octanol–water partition coefficient (Wildman–Crippen LogP) is 2.13. The van der Waals surface area contributed by atoms with E-state index in [1.165, 1.54) is 12.1 Å². The van der Waals surface area contributed by atoms with E-state index in [2.05, 4.69) is 30.8 Å². The lowest BCUT2D eigenvalue weighted by Gasteiger charge is -2.23. The molecule has 0 aromatic heterocycles. The number of hydrogen-bond acceptors (Lipinski definition) is 3. The topological polar surface area (TPSA) is 26.7 Å². The Hall–Kier alpha value is -0.970. The molecule has 1 heterocycles. The Bertz CT molecular complexity index is 421. The molecule has 0 bridgehead atoms. The quantitative estimate of drug-likeness (QED) is 0.895. The van der Waals surface area contributed by atoms with Gasteiger partial charge in [-0.05, 0) is 44.1 Å². The lowest BCUT2D eigenvalue weighted by molar-refractivity contribution is 0.146. The van der Waals surface area contributed by atoms with E-state index < -0.39 is 6.10 Å². The molecule has 4 heteroatoms. The van der Waals surface area contributed by atoms with E-state index in [0.29, 0.717) is 18.4 Å². The van der Waals surface area contributed by atoms with Crippen LogP contribution in [0.3, 0.4) is 0 Å². The summed E-state index contributed by atoms with van der Waals surface area (Å²) in [6, 6.07) is 6.72. The summed E-state index contributed by atoms with van der Waals surface area (Å²) in [4.78, 5) is 4.68. The smallest absolute Gasteiger partial charge is 0.123 e. The highest BCUT2D eigenvalue weighted by atomic mass is 19.1. The summed E-state index contributed by atoms with van der Waals surface area (Å²) in [7, 11) is 4.25. The standard InChI is InChI=1S/C16H25FN2O/c1-12-10-19(11-15(12)18(2)3)9-8-16(20)13-4-6-14(17)7-5-13/h4-7,12,15-16,20H,8-11H2,1-3H3. The molecule has 3 atom stereocenters. The van der Waals surface area contributed by atoms with Crippen LogP contribution in [0, 0.1) is 11.7 Å². The molecule has 1 N–H and O–H groups in total. The number of aliphatic hydroxyl groups excluding tert-OH is 1. The van der Waals surface area contributed by atoms with Gasteiger partial charge in [0.2, 0.25) is 0 Å². The summed E-state index contributed by atoms with van der Waals surface area (Å²) in [5.74, 6) is 0.399. The van der Waals surface area contributed by atoms with E-state index in [9.17, 15) is 9.50 Å². The Kier molecular flexibility index (Phi) is 5.13. The number of nitrogens with zero attached hydrogens (tertiary/aromatic N) is 2. The highest BCUT2D eigenvalue weighted by Crippen LogP contribution is 2.23. The van der Waals surface area contributed by atoms with E-state index in [1.54, 1.807) is 12.1 Å². The van der Waals surface area contributed by atoms with Gasteiger partial charge in [-0.1, -0.05) is 19.1 Å². The number of aliphatic hydroxyl groups is 1. The van der Waals surface area contributed by atoms with Crippen LogP contribution in [-0.4, -0.2) is 54.7 Å². The van der Waals surface area contributed by atoms with Gasteiger partial charge in [0.15, 0.2) is 0 Å². The Morgan fingerprint density at radius 2 is 1.95 bits per heavy atom. The molecule has 1 saturated heterocycles. The molecule has 1 aliphatic heterocycles. The van der Waals surface area contributed by atoms with E-state index in [1.807, 2.05) is 0 Å². The van der Waals surface area contributed by atoms with E-state index in [0.717, 1.165) is 25.2 Å². The van der Waals surface area contributed by atoms with Crippen molar-refractivity contribution in [3.05, 3.63) is 35.6 Å². The molecule has 3 nitrogen and oxygen atoms in total. The van der Waals surface area contributed by atoms with Crippen LogP contribution in [0.15, 0.2) is 24.3 Å². The predicted molar refractivity (Wildman–Crippen MR) is 79.1 cm³/mol. The van der Waals surface area contributed by atoms with Crippen molar-refractivity contribution in [3.8, 4) is 0 Å². The van der Waals surface area contributed by atoms with E-state index >= 15 is 0 Å². The van der Waals surface area contributed by atoms with Gasteiger partial charge in [-0.2, -0.15) is 0 Å². The summed E-state index contributed by atoms with van der Waals surface area (Å²) < 4.78 is 12.8. The van der Waals surface area contributed by atoms with Gasteiger partial charge in [0, 0.05) is 25.7 Å². The number of rotatable bonds is 5. The van der Waals surface area contributed by atoms with Crippen LogP contribution in [0.4, 0.5) is 4.39 Å². The molecule has 0 aliphatic carbocycles. The maximum atomic E-state index is 12.8. The van der Waals surface area contributed by atoms with Crippen LogP contribution in [0.5, 0.6) is 0 Å². The summed E-state index contributed by atoms with van der Waals surface area (Å²) in [6.07, 6.45) is 0.183. The fraction of sp³-hybridized carbons (Fsp3) is 0.625. The molecule has 1 aromatic rings. The van der Waals surface area contributed by atoms with Gasteiger partial charge in [-0.15, -0.1) is 0 Å². The number of hydrogen-bond donors (Lipinski definition) is 1. The van der Waals surface area contributed by atoms with Crippen molar-refractivity contribution in [1.29, 1.82) is 0 Å². The summed E-state index contributed by atoms with van der Waals surface area (Å²) in [6.45, 7) is 5.30. The van der Waals surface area contributed by atoms with Crippen LogP contribution < -0.4 is 0 Å². The zero-order chi connectivity index (χ0) is 14.7. The van der Waals surface area contributed by atoms with Crippen LogP contribution in [0.1, 0.15) is 25.0 Å². The van der Waals surface area contributed by atoms with Crippen LogP contribution >= 0.6 is 0 Å². The summed E-state index contributed by atoms with van der Waals surface area (Å²) >= 11 is 0. The molecule has 1 fully saturated rings. The van der Waals surface area contributed by atoms with Gasteiger partial charge in [-0.25, -0.2) is 4.39 Å². The summed E-state index contributed by atoms with van der Waals surface area (Å²) in [5, 5.41) is 10.2. The van der Waals surface area contributed by atoms with Crippen molar-refractivity contribution in [2.75, 3.05) is 33.7 Å². The first-order chi connectivity index (χ1) is 9.47. The molecule has 0 saturated carbocycles. The zero-order valence-electron chi connectivity index (χ0n) is 12.6. The van der Waals surface area contributed by atoms with Crippen molar-refractivity contribution in [1.82, 2.24) is 9.80 Å². The Labute approximate surface area is 121 Å². The monoisotopic (exact) mass is 280 g/mol. The number of likely N-dealkylation sites (N-methyl/N-ethyl adjacent to an activating group) is 1. The molecular weight excluding hydrogens is 255 g/mol. The molecule has 0 spiro atoms. The molecule has 0 radical (unpaired) electrons. The highest BCUT2D eigenvalue weighted by molar-refractivity contribution is 5.18. The second-order valence-electron chi connectivity index (χ2n) is 6.12. The third-order valence-electron chi connectivity index (χ3n) is 4.29. The first kappa shape index (κ1) is 15.4. The Morgan fingerprint density at radius 3 is 2.50 bits per heavy atom. The van der Waals surface area contributed by atoms with Crippen molar-refractivity contribution in [2.24, 2.45) is 5.92 Å². The maximum absolute atomic E-state index is 12.8. The minimum absolute atomic E-state index is 0.261. The lowest BCUT2D eigenvalue weighted by Crippen LogP contribution is -2.34. The van der Waals surface area contributed by atoms with Gasteiger partial charge in [-0.3, -0.25) is 0 Å². The molecule has 0 amide bonds. The normalized spacial score (nSPS) is 25.3. The zero-order valence-corrected chi connectivity index (χ0v) is 12.6. The van der Waals surface area contributed by atoms with Gasteiger partial charge >= 0.3 is 0 Å². The Morgan fingerprint density at radius 1 is 1.30 bits per heavy atom. The van der Waals surface area contributed by atoms with Crippen LogP contribution in [0.2, 0.25) is 0 Å². The average molecular weight is 280 g/mol. The molecular formula is C16H25FN2O. The van der Waals surface area contributed by atoms with Crippen molar-refractivity contribution < 1.29 is 9.50 Å². The SMILES string of the molecule is CC1CN(CCC(O)c2ccc(F)cc2)CC1N(C)C. The summed E-state index contributed by atoms with van der Waals surface area (Å²) in [5.41, 5.74) is 0.794. The third kappa shape index (κ3) is 3.78. The maximum Gasteiger partial charge on any atom is 0.123 e. The molecule has 3 unspecified atom stereocenters. The first-order valence-corrected chi connectivity index (χ1v) is 7.29. The molecule has 112 valence electrons. The van der Waals surface area contributed by atoms with Gasteiger partial charge in [0.25, 0.3) is 0 Å². The first-order valence-electron chi connectivity index (χ1n) is 7.29. The second-order valence-corrected chi connectivity index (χ2v) is 6.12. The van der Waals surface area contributed by atoms with Crippen molar-refractivity contribution in [3.63, 3.8) is 0 Å². The Balaban J connectivity index is 1.82. The second kappa shape index (κ2) is 6.66. The minimum atomic E-state index is -0.510. The largest absolute Gasteiger partial charge is 0.388 e. The molecule has 1 aromatic carbocycles. The molecule has 1 aliphatic rings. The molecule has 20 heavy (non-hydrogen) atoms. The van der Waals surface area contributed by atoms with Gasteiger partial charge in [0.05, 0.1) is 6.10 Å². The van der Waals surface area contributed by atoms with Crippen LogP contribution in [0.25, 0.3) is 0 Å². The fourth-order valence-corrected chi connectivity index (χ4v) is 3.06.